The average molecular weight is 408 g/mol. The highest BCUT2D eigenvalue weighted by Crippen LogP contribution is 2.29. The van der Waals surface area contributed by atoms with Crippen LogP contribution in [0.2, 0.25) is 0 Å². The molecule has 1 aliphatic carbocycles. The summed E-state index contributed by atoms with van der Waals surface area (Å²) in [5.74, 6) is 0.814. The Morgan fingerprint density at radius 3 is 2.80 bits per heavy atom. The molecule has 0 bridgehead atoms. The fraction of sp³-hybridized carbons (Fsp3) is 0.565. The third-order valence-corrected chi connectivity index (χ3v) is 6.98. The van der Waals surface area contributed by atoms with E-state index >= 15 is 0 Å². The second kappa shape index (κ2) is 8.30. The van der Waals surface area contributed by atoms with Crippen molar-refractivity contribution < 1.29 is 4.79 Å². The molecule has 4 heterocycles. The summed E-state index contributed by atoms with van der Waals surface area (Å²) in [6, 6.07) is 4.21. The van der Waals surface area contributed by atoms with Crippen molar-refractivity contribution in [1.82, 2.24) is 24.8 Å². The number of hydrogen-bond acceptors (Lipinski definition) is 5. The van der Waals surface area contributed by atoms with Gasteiger partial charge >= 0.3 is 0 Å². The lowest BCUT2D eigenvalue weighted by Crippen LogP contribution is -2.42. The number of aromatic amines is 1. The molecular weight excluding hydrogens is 378 g/mol. The number of rotatable bonds is 3. The number of H-pyrrole nitrogens is 1. The Hall–Kier alpha value is -2.54. The number of nitrogens with one attached hydrogen (secondary N) is 1. The van der Waals surface area contributed by atoms with E-state index in [1.807, 2.05) is 4.90 Å². The molecule has 1 amide bonds. The number of carbonyl (C=O) groups excluding carboxylic acids is 1. The molecule has 7 heteroatoms. The van der Waals surface area contributed by atoms with Crippen molar-refractivity contribution >= 4 is 5.91 Å². The zero-order chi connectivity index (χ0) is 20.5. The first-order valence-corrected chi connectivity index (χ1v) is 11.2. The molecule has 0 spiro atoms. The van der Waals surface area contributed by atoms with Gasteiger partial charge in [-0.05, 0) is 37.8 Å². The van der Waals surface area contributed by atoms with Crippen LogP contribution in [0.3, 0.4) is 0 Å². The first-order valence-electron chi connectivity index (χ1n) is 11.2. The normalized spacial score (nSPS) is 22.8. The molecule has 158 valence electrons. The Morgan fingerprint density at radius 1 is 1.13 bits per heavy atom. The van der Waals surface area contributed by atoms with Crippen molar-refractivity contribution in [2.24, 2.45) is 0 Å². The van der Waals surface area contributed by atoms with Crippen molar-refractivity contribution in [3.8, 4) is 0 Å². The summed E-state index contributed by atoms with van der Waals surface area (Å²) in [4.78, 5) is 41.9. The van der Waals surface area contributed by atoms with Crippen LogP contribution in [-0.2, 0) is 13.0 Å². The van der Waals surface area contributed by atoms with E-state index in [0.717, 1.165) is 43.0 Å². The van der Waals surface area contributed by atoms with Gasteiger partial charge in [0.05, 0.1) is 11.3 Å². The lowest BCUT2D eigenvalue weighted by atomic mass is 9.92. The molecule has 30 heavy (non-hydrogen) atoms. The topological polar surface area (TPSA) is 82.2 Å². The van der Waals surface area contributed by atoms with Crippen LogP contribution in [0.15, 0.2) is 29.3 Å². The molecule has 2 fully saturated rings. The molecule has 1 N–H and O–H groups in total. The standard InChI is InChI=1S/C23H29N5O2/c29-22-19-9-12-27(18-6-2-1-3-7-18)15-20(19)25-21(26-22)17-8-11-28(14-17)23(30)16-5-4-10-24-13-16/h4-5,10,13,17-18H,1-3,6-9,11-12,14-15H2,(H,25,26,29)/t17-/m1/s1. The average Bonchev–Trinajstić information content (AvgIpc) is 3.30. The highest BCUT2D eigenvalue weighted by atomic mass is 16.2. The van der Waals surface area contributed by atoms with Crippen LogP contribution in [0.25, 0.3) is 0 Å². The molecule has 0 unspecified atom stereocenters. The molecule has 1 atom stereocenters. The molecule has 2 aromatic heterocycles. The van der Waals surface area contributed by atoms with Crippen LogP contribution >= 0.6 is 0 Å². The van der Waals surface area contributed by atoms with E-state index in [-0.39, 0.29) is 17.4 Å². The van der Waals surface area contributed by atoms with Gasteiger partial charge in [-0.1, -0.05) is 19.3 Å². The van der Waals surface area contributed by atoms with E-state index in [1.165, 1.54) is 32.1 Å². The zero-order valence-electron chi connectivity index (χ0n) is 17.3. The predicted molar refractivity (Wildman–Crippen MR) is 113 cm³/mol. The van der Waals surface area contributed by atoms with Crippen LogP contribution in [0, 0.1) is 0 Å². The maximum Gasteiger partial charge on any atom is 0.255 e. The molecular formula is C23H29N5O2. The molecule has 0 aromatic carbocycles. The van der Waals surface area contributed by atoms with Gasteiger partial charge < -0.3 is 9.88 Å². The smallest absolute Gasteiger partial charge is 0.255 e. The van der Waals surface area contributed by atoms with Crippen LogP contribution in [0.5, 0.6) is 0 Å². The van der Waals surface area contributed by atoms with E-state index in [0.29, 0.717) is 24.7 Å². The summed E-state index contributed by atoms with van der Waals surface area (Å²) < 4.78 is 0. The van der Waals surface area contributed by atoms with Gasteiger partial charge in [-0.2, -0.15) is 0 Å². The highest BCUT2D eigenvalue weighted by Gasteiger charge is 2.32. The van der Waals surface area contributed by atoms with E-state index in [4.69, 9.17) is 4.98 Å². The number of pyridine rings is 1. The monoisotopic (exact) mass is 407 g/mol. The van der Waals surface area contributed by atoms with Gasteiger partial charge in [0.1, 0.15) is 5.82 Å². The Morgan fingerprint density at radius 2 is 2.00 bits per heavy atom. The van der Waals surface area contributed by atoms with Crippen LogP contribution < -0.4 is 5.56 Å². The van der Waals surface area contributed by atoms with E-state index < -0.39 is 0 Å². The summed E-state index contributed by atoms with van der Waals surface area (Å²) in [5, 5.41) is 0. The molecule has 1 saturated carbocycles. The molecule has 5 rings (SSSR count). The van der Waals surface area contributed by atoms with Gasteiger partial charge in [0, 0.05) is 56.1 Å². The molecule has 0 radical (unpaired) electrons. The minimum absolute atomic E-state index is 0.00520. The molecule has 7 nitrogen and oxygen atoms in total. The third kappa shape index (κ3) is 3.78. The summed E-state index contributed by atoms with van der Waals surface area (Å²) in [5.41, 5.74) is 2.42. The molecule has 2 aliphatic heterocycles. The van der Waals surface area contributed by atoms with E-state index in [1.54, 1.807) is 24.5 Å². The maximum absolute atomic E-state index is 12.8. The first kappa shape index (κ1) is 19.4. The Bertz CT molecular complexity index is 967. The number of aromatic nitrogens is 3. The van der Waals surface area contributed by atoms with Crippen molar-refractivity contribution in [2.75, 3.05) is 19.6 Å². The van der Waals surface area contributed by atoms with E-state index in [2.05, 4.69) is 14.9 Å². The molecule has 2 aromatic rings. The fourth-order valence-corrected chi connectivity index (χ4v) is 5.27. The molecule has 3 aliphatic rings. The lowest BCUT2D eigenvalue weighted by molar-refractivity contribution is 0.0790. The Balaban J connectivity index is 1.32. The number of hydrogen-bond donors (Lipinski definition) is 1. The minimum Gasteiger partial charge on any atom is -0.338 e. The maximum atomic E-state index is 12.8. The summed E-state index contributed by atoms with van der Waals surface area (Å²) in [6.45, 7) is 3.00. The minimum atomic E-state index is -0.00520. The number of carbonyl (C=O) groups is 1. The second-order valence-electron chi connectivity index (χ2n) is 8.87. The van der Waals surface area contributed by atoms with Gasteiger partial charge in [0.15, 0.2) is 0 Å². The number of amides is 1. The van der Waals surface area contributed by atoms with Crippen molar-refractivity contribution in [3.63, 3.8) is 0 Å². The van der Waals surface area contributed by atoms with Gasteiger partial charge in [-0.25, -0.2) is 4.98 Å². The number of likely N-dealkylation sites (tertiary alicyclic amines) is 1. The predicted octanol–water partition coefficient (Wildman–Crippen LogP) is 2.49. The van der Waals surface area contributed by atoms with Crippen molar-refractivity contribution in [3.05, 3.63) is 57.5 Å². The van der Waals surface area contributed by atoms with E-state index in [9.17, 15) is 9.59 Å². The van der Waals surface area contributed by atoms with Crippen LogP contribution in [-0.4, -0.2) is 56.3 Å². The zero-order valence-corrected chi connectivity index (χ0v) is 17.3. The van der Waals surface area contributed by atoms with Crippen LogP contribution in [0.1, 0.15) is 71.9 Å². The Labute approximate surface area is 176 Å². The van der Waals surface area contributed by atoms with Gasteiger partial charge in [0.2, 0.25) is 0 Å². The number of fused-ring (bicyclic) bond motifs is 1. The third-order valence-electron chi connectivity index (χ3n) is 6.98. The first-order chi connectivity index (χ1) is 14.7. The fourth-order valence-electron chi connectivity index (χ4n) is 5.27. The van der Waals surface area contributed by atoms with Gasteiger partial charge in [0.25, 0.3) is 11.5 Å². The van der Waals surface area contributed by atoms with Gasteiger partial charge in [-0.15, -0.1) is 0 Å². The van der Waals surface area contributed by atoms with Gasteiger partial charge in [-0.3, -0.25) is 19.5 Å². The quantitative estimate of drug-likeness (QED) is 0.845. The lowest BCUT2D eigenvalue weighted by Gasteiger charge is -2.37. The summed E-state index contributed by atoms with van der Waals surface area (Å²) in [6.07, 6.45) is 11.4. The largest absolute Gasteiger partial charge is 0.338 e. The van der Waals surface area contributed by atoms with Crippen molar-refractivity contribution in [2.45, 2.75) is 63.5 Å². The SMILES string of the molecule is O=C(c1cccnc1)N1CC[C@@H](c2nc3c(c(=O)[nH]2)CCN(C2CCCCC2)C3)C1. The second-order valence-corrected chi connectivity index (χ2v) is 8.87. The number of nitrogens with zero attached hydrogens (tertiary/aromatic N) is 4. The summed E-state index contributed by atoms with van der Waals surface area (Å²) >= 11 is 0. The summed E-state index contributed by atoms with van der Waals surface area (Å²) in [7, 11) is 0. The Kier molecular flexibility index (Phi) is 5.37. The molecule has 1 saturated heterocycles. The van der Waals surface area contributed by atoms with Crippen LogP contribution in [0.4, 0.5) is 0 Å². The van der Waals surface area contributed by atoms with Crippen molar-refractivity contribution in [1.29, 1.82) is 0 Å². The highest BCUT2D eigenvalue weighted by molar-refractivity contribution is 5.94.